The van der Waals surface area contributed by atoms with E-state index < -0.39 is 5.91 Å². The quantitative estimate of drug-likeness (QED) is 0.544. The highest BCUT2D eigenvalue weighted by Crippen LogP contribution is 2.22. The summed E-state index contributed by atoms with van der Waals surface area (Å²) < 4.78 is 1.78. The molecule has 0 aliphatic rings. The van der Waals surface area contributed by atoms with Crippen LogP contribution in [0.2, 0.25) is 5.15 Å². The number of amides is 2. The van der Waals surface area contributed by atoms with Crippen molar-refractivity contribution >= 4 is 45.8 Å². The fourth-order valence-corrected chi connectivity index (χ4v) is 3.21. The highest BCUT2D eigenvalue weighted by Gasteiger charge is 2.09. The fraction of sp³-hybridized carbons (Fsp3) is 0.118. The van der Waals surface area contributed by atoms with Crippen LogP contribution in [0.25, 0.3) is 11.0 Å². The van der Waals surface area contributed by atoms with Gasteiger partial charge in [0.1, 0.15) is 0 Å². The molecule has 25 heavy (non-hydrogen) atoms. The second-order valence-corrected chi connectivity index (χ2v) is 6.40. The van der Waals surface area contributed by atoms with E-state index in [0.717, 1.165) is 16.9 Å². The van der Waals surface area contributed by atoms with E-state index in [1.165, 1.54) is 17.4 Å². The lowest BCUT2D eigenvalue weighted by molar-refractivity contribution is -0.117. The largest absolute Gasteiger partial charge is 0.289 e. The van der Waals surface area contributed by atoms with Crippen molar-refractivity contribution in [2.45, 2.75) is 13.3 Å². The van der Waals surface area contributed by atoms with Crippen LogP contribution in [0.1, 0.15) is 28.5 Å². The van der Waals surface area contributed by atoms with Crippen molar-refractivity contribution in [3.05, 3.63) is 63.9 Å². The molecule has 0 spiro atoms. The lowest BCUT2D eigenvalue weighted by Gasteiger charge is -2.06. The lowest BCUT2D eigenvalue weighted by Crippen LogP contribution is -2.40. The third kappa shape index (κ3) is 3.89. The summed E-state index contributed by atoms with van der Waals surface area (Å²) in [6.45, 7) is 2.04. The summed E-state index contributed by atoms with van der Waals surface area (Å²) in [6.07, 6.45) is 5.55. The molecule has 0 saturated carbocycles. The molecule has 0 saturated heterocycles. The minimum atomic E-state index is -0.472. The molecule has 2 N–H and O–H groups in total. The molecule has 0 atom stereocenters. The number of rotatable bonds is 4. The van der Waals surface area contributed by atoms with E-state index in [9.17, 15) is 9.59 Å². The van der Waals surface area contributed by atoms with Gasteiger partial charge in [-0.2, -0.15) is 0 Å². The molecular formula is C17H15ClN4O2S. The number of imidazole rings is 1. The minimum Gasteiger partial charge on any atom is -0.289 e. The van der Waals surface area contributed by atoms with Gasteiger partial charge in [0.25, 0.3) is 11.8 Å². The average Bonchev–Trinajstić information content (AvgIpc) is 3.18. The van der Waals surface area contributed by atoms with Crippen LogP contribution in [-0.4, -0.2) is 21.2 Å². The zero-order valence-electron chi connectivity index (χ0n) is 13.3. The number of hydrogen-bond acceptors (Lipinski definition) is 4. The molecule has 2 aromatic heterocycles. The van der Waals surface area contributed by atoms with Crippen LogP contribution in [-0.2, 0) is 11.2 Å². The van der Waals surface area contributed by atoms with Crippen molar-refractivity contribution in [3.63, 3.8) is 0 Å². The van der Waals surface area contributed by atoms with Crippen LogP contribution in [0.5, 0.6) is 0 Å². The maximum atomic E-state index is 12.0. The molecule has 2 amide bonds. The van der Waals surface area contributed by atoms with Crippen LogP contribution in [0, 0.1) is 0 Å². The van der Waals surface area contributed by atoms with Crippen LogP contribution < -0.4 is 10.9 Å². The van der Waals surface area contributed by atoms with Gasteiger partial charge in [0.2, 0.25) is 0 Å². The monoisotopic (exact) mass is 374 g/mol. The van der Waals surface area contributed by atoms with Crippen molar-refractivity contribution in [1.82, 2.24) is 20.2 Å². The topological polar surface area (TPSA) is 75.5 Å². The smallest absolute Gasteiger partial charge is 0.269 e. The van der Waals surface area contributed by atoms with Gasteiger partial charge in [-0.1, -0.05) is 30.7 Å². The number of hydrazine groups is 1. The number of carbonyl (C=O) groups excluding carboxylic acids is 2. The van der Waals surface area contributed by atoms with Gasteiger partial charge in [0.05, 0.1) is 5.69 Å². The Morgan fingerprint density at radius 2 is 2.04 bits per heavy atom. The predicted octanol–water partition coefficient (Wildman–Crippen LogP) is 3.09. The standard InChI is InChI=1S/C17H15ClN4O2S/c1-2-11-3-5-12(6-4-11)16(24)21-20-14(23)8-7-13-15(18)19-17-22(13)9-10-25-17/h3-10H,2H2,1H3,(H,20,23)(H,21,24)/b8-7+. The number of benzene rings is 1. The summed E-state index contributed by atoms with van der Waals surface area (Å²) in [4.78, 5) is 28.8. The van der Waals surface area contributed by atoms with Crippen molar-refractivity contribution < 1.29 is 9.59 Å². The third-order valence-corrected chi connectivity index (χ3v) is 4.61. The van der Waals surface area contributed by atoms with Gasteiger partial charge < -0.3 is 0 Å². The Hall–Kier alpha value is -2.64. The Balaban J connectivity index is 1.59. The normalized spacial score (nSPS) is 11.1. The number of aromatic nitrogens is 2. The molecule has 2 heterocycles. The van der Waals surface area contributed by atoms with Gasteiger partial charge in [-0.05, 0) is 30.2 Å². The molecule has 1 aromatic carbocycles. The molecule has 0 aliphatic carbocycles. The molecule has 0 bridgehead atoms. The Kier molecular flexibility index (Phi) is 5.16. The van der Waals surface area contributed by atoms with Gasteiger partial charge in [-0.25, -0.2) is 4.98 Å². The van der Waals surface area contributed by atoms with E-state index >= 15 is 0 Å². The van der Waals surface area contributed by atoms with E-state index in [2.05, 4.69) is 15.8 Å². The second-order valence-electron chi connectivity index (χ2n) is 5.17. The fourth-order valence-electron chi connectivity index (χ4n) is 2.20. The summed E-state index contributed by atoms with van der Waals surface area (Å²) in [5.41, 5.74) is 6.93. The summed E-state index contributed by atoms with van der Waals surface area (Å²) in [7, 11) is 0. The molecule has 128 valence electrons. The number of aryl methyl sites for hydroxylation is 1. The molecule has 0 fully saturated rings. The number of nitrogens with one attached hydrogen (secondary N) is 2. The Morgan fingerprint density at radius 1 is 1.28 bits per heavy atom. The molecule has 0 radical (unpaired) electrons. The van der Waals surface area contributed by atoms with Gasteiger partial charge in [0.15, 0.2) is 10.1 Å². The van der Waals surface area contributed by atoms with Gasteiger partial charge in [-0.15, -0.1) is 11.3 Å². The zero-order valence-corrected chi connectivity index (χ0v) is 14.9. The van der Waals surface area contributed by atoms with Crippen molar-refractivity contribution in [1.29, 1.82) is 0 Å². The minimum absolute atomic E-state index is 0.316. The van der Waals surface area contributed by atoms with E-state index in [1.54, 1.807) is 22.6 Å². The van der Waals surface area contributed by atoms with Crippen molar-refractivity contribution in [3.8, 4) is 0 Å². The van der Waals surface area contributed by atoms with Crippen LogP contribution in [0.3, 0.4) is 0 Å². The predicted molar refractivity (Wildman–Crippen MR) is 98.5 cm³/mol. The SMILES string of the molecule is CCc1ccc(C(=O)NNC(=O)/C=C/c2c(Cl)nc3sccn23)cc1. The van der Waals surface area contributed by atoms with Gasteiger partial charge in [-0.3, -0.25) is 24.8 Å². The highest BCUT2D eigenvalue weighted by atomic mass is 35.5. The molecule has 3 rings (SSSR count). The molecular weight excluding hydrogens is 360 g/mol. The third-order valence-electron chi connectivity index (χ3n) is 3.57. The Bertz CT molecular complexity index is 943. The number of fused-ring (bicyclic) bond motifs is 1. The van der Waals surface area contributed by atoms with E-state index in [4.69, 9.17) is 11.6 Å². The number of halogens is 1. The highest BCUT2D eigenvalue weighted by molar-refractivity contribution is 7.15. The maximum Gasteiger partial charge on any atom is 0.269 e. The van der Waals surface area contributed by atoms with Crippen molar-refractivity contribution in [2.24, 2.45) is 0 Å². The summed E-state index contributed by atoms with van der Waals surface area (Å²) in [6, 6.07) is 7.19. The average molecular weight is 375 g/mol. The van der Waals surface area contributed by atoms with Crippen LogP contribution >= 0.6 is 22.9 Å². The first kappa shape index (κ1) is 17.2. The van der Waals surface area contributed by atoms with Gasteiger partial charge >= 0.3 is 0 Å². The first-order valence-electron chi connectivity index (χ1n) is 7.57. The van der Waals surface area contributed by atoms with E-state index in [0.29, 0.717) is 16.4 Å². The molecule has 0 unspecified atom stereocenters. The van der Waals surface area contributed by atoms with Crippen molar-refractivity contribution in [2.75, 3.05) is 0 Å². The zero-order chi connectivity index (χ0) is 17.8. The molecule has 8 heteroatoms. The molecule has 6 nitrogen and oxygen atoms in total. The molecule has 0 aliphatic heterocycles. The van der Waals surface area contributed by atoms with Crippen LogP contribution in [0.4, 0.5) is 0 Å². The Morgan fingerprint density at radius 3 is 2.76 bits per heavy atom. The Labute approximate surface area is 153 Å². The summed E-state index contributed by atoms with van der Waals surface area (Å²) >= 11 is 7.49. The first-order chi connectivity index (χ1) is 12.1. The summed E-state index contributed by atoms with van der Waals surface area (Å²) in [5.74, 6) is -0.855. The number of nitrogens with zero attached hydrogens (tertiary/aromatic N) is 2. The van der Waals surface area contributed by atoms with Gasteiger partial charge in [0, 0.05) is 23.2 Å². The lowest BCUT2D eigenvalue weighted by atomic mass is 10.1. The maximum absolute atomic E-state index is 12.0. The second kappa shape index (κ2) is 7.50. The summed E-state index contributed by atoms with van der Waals surface area (Å²) in [5, 5.41) is 2.19. The number of hydrogen-bond donors (Lipinski definition) is 2. The van der Waals surface area contributed by atoms with E-state index in [1.807, 2.05) is 30.6 Å². The van der Waals surface area contributed by atoms with Crippen LogP contribution in [0.15, 0.2) is 41.9 Å². The van der Waals surface area contributed by atoms with E-state index in [-0.39, 0.29) is 5.91 Å². The number of carbonyl (C=O) groups is 2. The first-order valence-corrected chi connectivity index (χ1v) is 8.82. The molecule has 3 aromatic rings. The number of thiazole rings is 1.